The van der Waals surface area contributed by atoms with Gasteiger partial charge in [-0.2, -0.15) is 0 Å². The van der Waals surface area contributed by atoms with Crippen molar-refractivity contribution >= 4 is 0 Å². The Morgan fingerprint density at radius 1 is 1.53 bits per heavy atom. The van der Waals surface area contributed by atoms with E-state index in [9.17, 15) is 5.11 Å². The maximum Gasteiger partial charge on any atom is 0.115 e. The predicted octanol–water partition coefficient (Wildman–Crippen LogP) is 3.10. The first-order valence-electron chi connectivity index (χ1n) is 7.23. The molecule has 102 valence electrons. The van der Waals surface area contributed by atoms with Gasteiger partial charge < -0.3 is 5.11 Å². The number of benzene rings is 1. The summed E-state index contributed by atoms with van der Waals surface area (Å²) >= 11 is 0. The maximum atomic E-state index is 9.80. The molecule has 2 bridgehead atoms. The lowest BCUT2D eigenvalue weighted by molar-refractivity contribution is 0.0398. The van der Waals surface area contributed by atoms with Gasteiger partial charge in [0.15, 0.2) is 0 Å². The third kappa shape index (κ3) is 1.81. The molecule has 1 aromatic rings. The van der Waals surface area contributed by atoms with Gasteiger partial charge in [0.25, 0.3) is 0 Å². The molecule has 1 fully saturated rings. The van der Waals surface area contributed by atoms with Crippen molar-refractivity contribution in [2.45, 2.75) is 38.1 Å². The zero-order chi connectivity index (χ0) is 13.6. The predicted molar refractivity (Wildman–Crippen MR) is 78.5 cm³/mol. The van der Waals surface area contributed by atoms with Crippen LogP contribution in [0.1, 0.15) is 31.4 Å². The van der Waals surface area contributed by atoms with E-state index in [1.807, 2.05) is 18.2 Å². The van der Waals surface area contributed by atoms with Crippen LogP contribution in [0.25, 0.3) is 0 Å². The van der Waals surface area contributed by atoms with Crippen molar-refractivity contribution in [2.24, 2.45) is 5.92 Å². The van der Waals surface area contributed by atoms with E-state index in [0.717, 1.165) is 25.9 Å². The van der Waals surface area contributed by atoms with E-state index in [1.165, 1.54) is 11.1 Å². The van der Waals surface area contributed by atoms with Crippen LogP contribution in [0.3, 0.4) is 0 Å². The monoisotopic (exact) mass is 257 g/mol. The summed E-state index contributed by atoms with van der Waals surface area (Å²) in [5, 5.41) is 9.80. The normalized spacial score (nSPS) is 33.8. The fraction of sp³-hybridized carbons (Fsp3) is 0.529. The van der Waals surface area contributed by atoms with Crippen LogP contribution in [-0.4, -0.2) is 29.1 Å². The molecule has 1 aliphatic carbocycles. The first-order chi connectivity index (χ1) is 9.06. The summed E-state index contributed by atoms with van der Waals surface area (Å²) in [5.74, 6) is 1.02. The molecule has 2 nitrogen and oxygen atoms in total. The molecule has 1 saturated heterocycles. The molecule has 0 aromatic heterocycles. The van der Waals surface area contributed by atoms with Crippen molar-refractivity contribution in [2.75, 3.05) is 13.1 Å². The molecule has 2 aliphatic rings. The summed E-state index contributed by atoms with van der Waals surface area (Å²) in [6.45, 7) is 10.7. The summed E-state index contributed by atoms with van der Waals surface area (Å²) in [6.07, 6.45) is 4.27. The molecule has 1 unspecified atom stereocenters. The highest BCUT2D eigenvalue weighted by atomic mass is 16.3. The topological polar surface area (TPSA) is 23.5 Å². The molecule has 0 spiro atoms. The lowest BCUT2D eigenvalue weighted by Gasteiger charge is -2.54. The van der Waals surface area contributed by atoms with Crippen LogP contribution in [-0.2, 0) is 11.8 Å². The largest absolute Gasteiger partial charge is 0.508 e. The van der Waals surface area contributed by atoms with Crippen LogP contribution in [0.5, 0.6) is 5.75 Å². The maximum absolute atomic E-state index is 9.80. The Morgan fingerprint density at radius 3 is 3.05 bits per heavy atom. The summed E-state index contributed by atoms with van der Waals surface area (Å²) in [7, 11) is 0. The lowest BCUT2D eigenvalue weighted by atomic mass is 9.59. The number of hydrogen-bond acceptors (Lipinski definition) is 2. The van der Waals surface area contributed by atoms with Crippen molar-refractivity contribution in [1.82, 2.24) is 4.90 Å². The number of nitrogens with zero attached hydrogens (tertiary/aromatic N) is 1. The smallest absolute Gasteiger partial charge is 0.115 e. The number of aromatic hydroxyl groups is 1. The van der Waals surface area contributed by atoms with E-state index < -0.39 is 0 Å². The van der Waals surface area contributed by atoms with E-state index in [-0.39, 0.29) is 5.41 Å². The van der Waals surface area contributed by atoms with Crippen LogP contribution in [0.4, 0.5) is 0 Å². The molecule has 1 heterocycles. The molecular formula is C17H23NO. The minimum atomic E-state index is 0.203. The zero-order valence-electron chi connectivity index (χ0n) is 11.9. The Hall–Kier alpha value is -1.28. The number of rotatable bonds is 2. The Kier molecular flexibility index (Phi) is 2.94. The Bertz CT molecular complexity index is 510. The van der Waals surface area contributed by atoms with Gasteiger partial charge >= 0.3 is 0 Å². The average Bonchev–Trinajstić information content (AvgIpc) is 2.38. The first-order valence-corrected chi connectivity index (χ1v) is 7.23. The van der Waals surface area contributed by atoms with Crippen molar-refractivity contribution in [3.63, 3.8) is 0 Å². The highest BCUT2D eigenvalue weighted by Gasteiger charge is 2.48. The molecule has 1 aromatic carbocycles. The molecule has 0 amide bonds. The Balaban J connectivity index is 2.06. The van der Waals surface area contributed by atoms with Crippen LogP contribution in [0.15, 0.2) is 30.9 Å². The SMILES string of the molecule is C=CCN1CC[C@]2(C)c3cc(O)ccc3C[C@@H]1C2C. The molecule has 2 heteroatoms. The van der Waals surface area contributed by atoms with Gasteiger partial charge in [0.1, 0.15) is 5.75 Å². The summed E-state index contributed by atoms with van der Waals surface area (Å²) in [4.78, 5) is 2.56. The van der Waals surface area contributed by atoms with Crippen molar-refractivity contribution in [3.05, 3.63) is 42.0 Å². The van der Waals surface area contributed by atoms with E-state index >= 15 is 0 Å². The van der Waals surface area contributed by atoms with Crippen LogP contribution < -0.4 is 0 Å². The third-order valence-electron chi connectivity index (χ3n) is 5.47. The molecule has 3 rings (SSSR count). The van der Waals surface area contributed by atoms with E-state index in [2.05, 4.69) is 31.4 Å². The van der Waals surface area contributed by atoms with Gasteiger partial charge in [-0.1, -0.05) is 26.0 Å². The fourth-order valence-electron chi connectivity index (χ4n) is 4.09. The standard InChI is InChI=1S/C17H23NO/c1-4-8-18-9-7-17(3)12(2)16(18)10-13-5-6-14(19)11-15(13)17/h4-6,11-12,16,19H,1,7-10H2,2-3H3/t12?,16-,17+/m1/s1. The first kappa shape index (κ1) is 12.7. The van der Waals surface area contributed by atoms with Crippen LogP contribution >= 0.6 is 0 Å². The summed E-state index contributed by atoms with van der Waals surface area (Å²) in [5.41, 5.74) is 2.99. The van der Waals surface area contributed by atoms with Gasteiger partial charge in [-0.05, 0) is 54.0 Å². The molecular weight excluding hydrogens is 234 g/mol. The van der Waals surface area contributed by atoms with E-state index in [1.54, 1.807) is 0 Å². The molecule has 1 N–H and O–H groups in total. The van der Waals surface area contributed by atoms with Gasteiger partial charge in [0.2, 0.25) is 0 Å². The molecule has 1 aliphatic heterocycles. The van der Waals surface area contributed by atoms with Gasteiger partial charge in [0, 0.05) is 12.6 Å². The van der Waals surface area contributed by atoms with Crippen LogP contribution in [0.2, 0.25) is 0 Å². The highest BCUT2D eigenvalue weighted by Crippen LogP contribution is 2.49. The molecule has 0 radical (unpaired) electrons. The third-order valence-corrected chi connectivity index (χ3v) is 5.47. The fourth-order valence-corrected chi connectivity index (χ4v) is 4.09. The van der Waals surface area contributed by atoms with Crippen molar-refractivity contribution in [1.29, 1.82) is 0 Å². The van der Waals surface area contributed by atoms with Gasteiger partial charge in [-0.25, -0.2) is 0 Å². The Labute approximate surface area is 115 Å². The zero-order valence-corrected chi connectivity index (χ0v) is 11.9. The number of phenols is 1. The molecule has 3 atom stereocenters. The molecule has 19 heavy (non-hydrogen) atoms. The minimum Gasteiger partial charge on any atom is -0.508 e. The minimum absolute atomic E-state index is 0.203. The second-order valence-corrected chi connectivity index (χ2v) is 6.35. The highest BCUT2D eigenvalue weighted by molar-refractivity contribution is 5.44. The second kappa shape index (κ2) is 4.38. The van der Waals surface area contributed by atoms with Gasteiger partial charge in [-0.15, -0.1) is 6.58 Å². The van der Waals surface area contributed by atoms with E-state index in [0.29, 0.717) is 17.7 Å². The quantitative estimate of drug-likeness (QED) is 0.823. The number of fused-ring (bicyclic) bond motifs is 4. The molecule has 0 saturated carbocycles. The average molecular weight is 257 g/mol. The summed E-state index contributed by atoms with van der Waals surface area (Å²) < 4.78 is 0. The number of hydrogen-bond donors (Lipinski definition) is 1. The van der Waals surface area contributed by atoms with Crippen LogP contribution in [0, 0.1) is 5.92 Å². The van der Waals surface area contributed by atoms with Crippen molar-refractivity contribution < 1.29 is 5.11 Å². The Morgan fingerprint density at radius 2 is 2.32 bits per heavy atom. The number of piperidine rings is 1. The lowest BCUT2D eigenvalue weighted by Crippen LogP contribution is -2.57. The van der Waals surface area contributed by atoms with Gasteiger partial charge in [0.05, 0.1) is 0 Å². The second-order valence-electron chi connectivity index (χ2n) is 6.35. The van der Waals surface area contributed by atoms with Crippen molar-refractivity contribution in [3.8, 4) is 5.75 Å². The van der Waals surface area contributed by atoms with E-state index in [4.69, 9.17) is 0 Å². The van der Waals surface area contributed by atoms with Gasteiger partial charge in [-0.3, -0.25) is 4.90 Å². The summed E-state index contributed by atoms with van der Waals surface area (Å²) in [6, 6.07) is 6.53. The number of likely N-dealkylation sites (tertiary alicyclic amines) is 1. The number of phenolic OH excluding ortho intramolecular Hbond substituents is 1.